The summed E-state index contributed by atoms with van der Waals surface area (Å²) in [7, 11) is 0. The van der Waals surface area contributed by atoms with Gasteiger partial charge in [-0.3, -0.25) is 4.57 Å². The van der Waals surface area contributed by atoms with E-state index in [4.69, 9.17) is 9.97 Å². The second kappa shape index (κ2) is 11.3. The lowest BCUT2D eigenvalue weighted by Gasteiger charge is -2.13. The third kappa shape index (κ3) is 4.03. The van der Waals surface area contributed by atoms with Gasteiger partial charge in [0.2, 0.25) is 5.95 Å². The first kappa shape index (κ1) is 31.1. The van der Waals surface area contributed by atoms with Crippen LogP contribution in [-0.4, -0.2) is 23.5 Å². The summed E-state index contributed by atoms with van der Waals surface area (Å²) in [5, 5.41) is 13.4. The molecule has 0 aliphatic heterocycles. The predicted octanol–water partition coefficient (Wildman–Crippen LogP) is 13.8. The Bertz CT molecular complexity index is 4070. The Morgan fingerprint density at radius 1 is 0.339 bits per heavy atom. The van der Waals surface area contributed by atoms with Crippen molar-refractivity contribution in [2.75, 3.05) is 0 Å². The zero-order chi connectivity index (χ0) is 38.3. The number of fused-ring (bicyclic) bond motifs is 16. The third-order valence-corrected chi connectivity index (χ3v) is 12.7. The molecule has 9 aromatic carbocycles. The molecule has 5 heteroatoms. The molecule has 272 valence electrons. The average molecular weight is 750 g/mol. The van der Waals surface area contributed by atoms with E-state index in [0.717, 1.165) is 44.4 Å². The Balaban J connectivity index is 1.12. The lowest BCUT2D eigenvalue weighted by molar-refractivity contribution is 1.01. The van der Waals surface area contributed by atoms with Crippen molar-refractivity contribution in [1.82, 2.24) is 23.5 Å². The van der Waals surface area contributed by atoms with Crippen molar-refractivity contribution < 1.29 is 0 Å². The standard InChI is InChI=1S/C54H31N5/c1-2-15-34(16-3-1)57-43-23-11-7-18-36(43)38-28-26-33(30-47(38)57)52-39-20-6-10-22-42(39)55-54(56-52)59-45-25-13-9-21-40(45)50-48(59)31-41-37-19-8-12-24-44(37)58-46-29-27-32-14-4-5-17-35(32)49(46)51(50)53(41)58/h1-31H. The van der Waals surface area contributed by atoms with E-state index in [0.29, 0.717) is 5.95 Å². The van der Waals surface area contributed by atoms with Gasteiger partial charge in [-0.05, 0) is 65.4 Å². The minimum atomic E-state index is 0.653. The Labute approximate surface area is 336 Å². The lowest BCUT2D eigenvalue weighted by Crippen LogP contribution is -2.03. The van der Waals surface area contributed by atoms with Crippen LogP contribution >= 0.6 is 0 Å². The van der Waals surface area contributed by atoms with Crippen LogP contribution in [0.25, 0.3) is 126 Å². The van der Waals surface area contributed by atoms with Gasteiger partial charge in [0.05, 0.1) is 49.8 Å². The van der Waals surface area contributed by atoms with Gasteiger partial charge in [-0.25, -0.2) is 9.97 Å². The molecule has 0 aliphatic carbocycles. The highest BCUT2D eigenvalue weighted by Gasteiger charge is 2.26. The fourth-order valence-electron chi connectivity index (χ4n) is 10.3. The molecule has 14 rings (SSSR count). The van der Waals surface area contributed by atoms with E-state index in [-0.39, 0.29) is 0 Å². The summed E-state index contributed by atoms with van der Waals surface area (Å²) in [4.78, 5) is 11.0. The van der Waals surface area contributed by atoms with Gasteiger partial charge in [0.1, 0.15) is 0 Å². The largest absolute Gasteiger partial charge is 0.309 e. The molecular weight excluding hydrogens is 719 g/mol. The highest BCUT2D eigenvalue weighted by Crippen LogP contribution is 2.48. The molecule has 0 unspecified atom stereocenters. The van der Waals surface area contributed by atoms with Crippen molar-refractivity contribution in [1.29, 1.82) is 0 Å². The molecule has 0 spiro atoms. The minimum Gasteiger partial charge on any atom is -0.309 e. The summed E-state index contributed by atoms with van der Waals surface area (Å²) in [5.41, 5.74) is 12.2. The van der Waals surface area contributed by atoms with Gasteiger partial charge < -0.3 is 8.97 Å². The molecule has 0 N–H and O–H groups in total. The van der Waals surface area contributed by atoms with E-state index in [1.54, 1.807) is 0 Å². The van der Waals surface area contributed by atoms with Gasteiger partial charge in [-0.15, -0.1) is 0 Å². The summed E-state index contributed by atoms with van der Waals surface area (Å²) >= 11 is 0. The molecule has 0 radical (unpaired) electrons. The molecule has 0 atom stereocenters. The molecule has 5 nitrogen and oxygen atoms in total. The van der Waals surface area contributed by atoms with Gasteiger partial charge in [0, 0.05) is 59.7 Å². The number of hydrogen-bond donors (Lipinski definition) is 0. The van der Waals surface area contributed by atoms with Gasteiger partial charge in [-0.1, -0.05) is 133 Å². The molecule has 0 fully saturated rings. The van der Waals surface area contributed by atoms with E-state index in [9.17, 15) is 0 Å². The molecule has 0 bridgehead atoms. The smallest absolute Gasteiger partial charge is 0.235 e. The molecule has 14 aromatic rings. The summed E-state index contributed by atoms with van der Waals surface area (Å²) in [6, 6.07) is 67.9. The van der Waals surface area contributed by atoms with E-state index < -0.39 is 0 Å². The fourth-order valence-corrected chi connectivity index (χ4v) is 10.3. The SMILES string of the molecule is c1ccc(-n2c3ccccc3c3ccc(-c4nc(-n5c6ccccc6c6c7c8c9ccccc9ccc8n8c9ccccc9c(cc65)c78)nc5ccccc45)cc32)cc1. The van der Waals surface area contributed by atoms with Crippen molar-refractivity contribution in [3.05, 3.63) is 188 Å². The third-order valence-electron chi connectivity index (χ3n) is 12.7. The second-order valence-electron chi connectivity index (χ2n) is 15.7. The van der Waals surface area contributed by atoms with Crippen LogP contribution in [0.3, 0.4) is 0 Å². The maximum absolute atomic E-state index is 5.61. The fraction of sp³-hybridized carbons (Fsp3) is 0. The van der Waals surface area contributed by atoms with Gasteiger partial charge in [0.15, 0.2) is 0 Å². The van der Waals surface area contributed by atoms with Crippen LogP contribution in [0.2, 0.25) is 0 Å². The molecule has 5 aromatic heterocycles. The van der Waals surface area contributed by atoms with Crippen molar-refractivity contribution >= 4 is 103 Å². The summed E-state index contributed by atoms with van der Waals surface area (Å²) in [5.74, 6) is 0.653. The Kier molecular flexibility index (Phi) is 5.96. The van der Waals surface area contributed by atoms with Crippen LogP contribution in [0, 0.1) is 0 Å². The minimum absolute atomic E-state index is 0.653. The monoisotopic (exact) mass is 749 g/mol. The van der Waals surface area contributed by atoms with Gasteiger partial charge in [0.25, 0.3) is 0 Å². The molecule has 5 heterocycles. The highest BCUT2D eigenvalue weighted by molar-refractivity contribution is 6.38. The van der Waals surface area contributed by atoms with Gasteiger partial charge in [-0.2, -0.15) is 0 Å². The number of rotatable bonds is 3. The second-order valence-corrected chi connectivity index (χ2v) is 15.7. The van der Waals surface area contributed by atoms with Crippen LogP contribution in [-0.2, 0) is 0 Å². The zero-order valence-corrected chi connectivity index (χ0v) is 31.6. The first-order chi connectivity index (χ1) is 29.3. The van der Waals surface area contributed by atoms with Crippen molar-refractivity contribution in [2.24, 2.45) is 0 Å². The van der Waals surface area contributed by atoms with Crippen molar-refractivity contribution in [2.45, 2.75) is 0 Å². The number of benzene rings is 9. The molecule has 0 amide bonds. The van der Waals surface area contributed by atoms with E-state index in [1.807, 2.05) is 0 Å². The topological polar surface area (TPSA) is 40.0 Å². The number of para-hydroxylation sites is 5. The number of aromatic nitrogens is 5. The quantitative estimate of drug-likeness (QED) is 0.180. The molecule has 0 saturated carbocycles. The van der Waals surface area contributed by atoms with Crippen molar-refractivity contribution in [3.63, 3.8) is 0 Å². The predicted molar refractivity (Wildman–Crippen MR) is 246 cm³/mol. The molecule has 59 heavy (non-hydrogen) atoms. The highest BCUT2D eigenvalue weighted by atomic mass is 15.2. The first-order valence-corrected chi connectivity index (χ1v) is 20.2. The lowest BCUT2D eigenvalue weighted by atomic mass is 9.98. The zero-order valence-electron chi connectivity index (χ0n) is 31.6. The normalized spacial score (nSPS) is 12.4. The molecule has 0 aliphatic rings. The van der Waals surface area contributed by atoms with E-state index >= 15 is 0 Å². The maximum Gasteiger partial charge on any atom is 0.235 e. The van der Waals surface area contributed by atoms with E-state index in [2.05, 4.69) is 202 Å². The molecular formula is C54H31N5. The summed E-state index contributed by atoms with van der Waals surface area (Å²) in [6.07, 6.45) is 0. The summed E-state index contributed by atoms with van der Waals surface area (Å²) in [6.45, 7) is 0. The summed E-state index contributed by atoms with van der Waals surface area (Å²) < 4.78 is 7.17. The van der Waals surface area contributed by atoms with Gasteiger partial charge >= 0.3 is 0 Å². The average Bonchev–Trinajstić information content (AvgIpc) is 4.02. The Morgan fingerprint density at radius 3 is 1.80 bits per heavy atom. The number of hydrogen-bond acceptors (Lipinski definition) is 2. The van der Waals surface area contributed by atoms with E-state index in [1.165, 1.54) is 75.9 Å². The Hall–Kier alpha value is -8.02. The van der Waals surface area contributed by atoms with Crippen molar-refractivity contribution in [3.8, 4) is 22.9 Å². The van der Waals surface area contributed by atoms with Crippen LogP contribution in [0.1, 0.15) is 0 Å². The Morgan fingerprint density at radius 2 is 0.966 bits per heavy atom. The molecule has 0 saturated heterocycles. The van der Waals surface area contributed by atoms with Crippen LogP contribution in [0.4, 0.5) is 0 Å². The maximum atomic E-state index is 5.61. The number of nitrogens with zero attached hydrogens (tertiary/aromatic N) is 5. The first-order valence-electron chi connectivity index (χ1n) is 20.2. The van der Waals surface area contributed by atoms with Crippen LogP contribution in [0.5, 0.6) is 0 Å². The van der Waals surface area contributed by atoms with Crippen LogP contribution in [0.15, 0.2) is 188 Å². The van der Waals surface area contributed by atoms with Crippen LogP contribution < -0.4 is 0 Å².